The first-order chi connectivity index (χ1) is 12.6. The second-order valence-corrected chi connectivity index (χ2v) is 5.67. The number of hydrogen-bond donors (Lipinski definition) is 2. The van der Waals surface area contributed by atoms with Crippen LogP contribution in [-0.2, 0) is 0 Å². The molecule has 0 aliphatic heterocycles. The lowest BCUT2D eigenvalue weighted by Gasteiger charge is -2.18. The Bertz CT molecular complexity index is 859. The highest BCUT2D eigenvalue weighted by molar-refractivity contribution is 5.95. The molecule has 0 radical (unpaired) electrons. The van der Waals surface area contributed by atoms with E-state index in [0.29, 0.717) is 28.7 Å². The molecule has 26 heavy (non-hydrogen) atoms. The molecule has 0 fully saturated rings. The van der Waals surface area contributed by atoms with Gasteiger partial charge in [0.1, 0.15) is 0 Å². The number of amides is 2. The van der Waals surface area contributed by atoms with Gasteiger partial charge in [-0.2, -0.15) is 10.5 Å². The average molecular weight is 346 g/mol. The Morgan fingerprint density at radius 2 is 1.35 bits per heavy atom. The molecule has 0 saturated heterocycles. The fourth-order valence-corrected chi connectivity index (χ4v) is 2.28. The molecular weight excluding hydrogens is 328 g/mol. The molecule has 2 N–H and O–H groups in total. The standard InChI is InChI=1S/C20H18N4O2/c1-2-18(24-20(26)17-9-5-15(12-22)6-10-17)13-23-19(25)16-7-3-14(11-21)4-8-16/h3-10,18H,2,13H2,1H3,(H,23,25)(H,24,26)/t18-/m1/s1. The highest BCUT2D eigenvalue weighted by Crippen LogP contribution is 2.05. The number of rotatable bonds is 6. The summed E-state index contributed by atoms with van der Waals surface area (Å²) in [6.07, 6.45) is 0.648. The zero-order valence-corrected chi connectivity index (χ0v) is 14.3. The zero-order valence-electron chi connectivity index (χ0n) is 14.3. The van der Waals surface area contributed by atoms with Gasteiger partial charge in [-0.1, -0.05) is 6.92 Å². The predicted molar refractivity (Wildman–Crippen MR) is 96.2 cm³/mol. The topological polar surface area (TPSA) is 106 Å². The highest BCUT2D eigenvalue weighted by Gasteiger charge is 2.14. The van der Waals surface area contributed by atoms with Crippen LogP contribution in [0.5, 0.6) is 0 Å². The van der Waals surface area contributed by atoms with Crippen molar-refractivity contribution in [3.63, 3.8) is 0 Å². The van der Waals surface area contributed by atoms with Crippen LogP contribution in [0.15, 0.2) is 48.5 Å². The number of nitrogens with one attached hydrogen (secondary N) is 2. The molecule has 0 spiro atoms. The summed E-state index contributed by atoms with van der Waals surface area (Å²) in [7, 11) is 0. The van der Waals surface area contributed by atoms with Gasteiger partial charge in [0.25, 0.3) is 11.8 Å². The van der Waals surface area contributed by atoms with Crippen LogP contribution in [0.25, 0.3) is 0 Å². The summed E-state index contributed by atoms with van der Waals surface area (Å²) in [4.78, 5) is 24.4. The van der Waals surface area contributed by atoms with E-state index in [1.54, 1.807) is 48.5 Å². The second kappa shape index (κ2) is 9.00. The van der Waals surface area contributed by atoms with Gasteiger partial charge >= 0.3 is 0 Å². The maximum atomic E-state index is 12.3. The monoisotopic (exact) mass is 346 g/mol. The highest BCUT2D eigenvalue weighted by atomic mass is 16.2. The minimum absolute atomic E-state index is 0.222. The van der Waals surface area contributed by atoms with Gasteiger partial charge < -0.3 is 10.6 Å². The fraction of sp³-hybridized carbons (Fsp3) is 0.200. The first kappa shape index (κ1) is 18.7. The van der Waals surface area contributed by atoms with Crippen LogP contribution >= 0.6 is 0 Å². The summed E-state index contributed by atoms with van der Waals surface area (Å²) in [5.41, 5.74) is 1.89. The van der Waals surface area contributed by atoms with Crippen molar-refractivity contribution in [2.45, 2.75) is 19.4 Å². The zero-order chi connectivity index (χ0) is 18.9. The van der Waals surface area contributed by atoms with Crippen LogP contribution in [0, 0.1) is 22.7 Å². The van der Waals surface area contributed by atoms with Gasteiger partial charge in [0.2, 0.25) is 0 Å². The number of carbonyl (C=O) groups excluding carboxylic acids is 2. The molecule has 1 atom stereocenters. The summed E-state index contributed by atoms with van der Waals surface area (Å²) in [5, 5.41) is 23.2. The number of nitrogens with zero attached hydrogens (tertiary/aromatic N) is 2. The van der Waals surface area contributed by atoms with E-state index in [-0.39, 0.29) is 24.4 Å². The van der Waals surface area contributed by atoms with Crippen LogP contribution in [0.4, 0.5) is 0 Å². The predicted octanol–water partition coefficient (Wildman–Crippen LogP) is 2.37. The van der Waals surface area contributed by atoms with Gasteiger partial charge in [0.15, 0.2) is 0 Å². The number of nitriles is 2. The number of hydrogen-bond acceptors (Lipinski definition) is 4. The molecule has 0 unspecified atom stereocenters. The van der Waals surface area contributed by atoms with Crippen molar-refractivity contribution in [1.82, 2.24) is 10.6 Å². The SMILES string of the molecule is CC[C@H](CNC(=O)c1ccc(C#N)cc1)NC(=O)c1ccc(C#N)cc1. The van der Waals surface area contributed by atoms with Gasteiger partial charge in [-0.3, -0.25) is 9.59 Å². The van der Waals surface area contributed by atoms with Gasteiger partial charge in [0.05, 0.1) is 23.3 Å². The Morgan fingerprint density at radius 3 is 1.77 bits per heavy atom. The average Bonchev–Trinajstić information content (AvgIpc) is 2.70. The number of carbonyl (C=O) groups is 2. The molecule has 0 saturated carbocycles. The van der Waals surface area contributed by atoms with Crippen LogP contribution in [0.2, 0.25) is 0 Å². The van der Waals surface area contributed by atoms with Crippen molar-refractivity contribution < 1.29 is 9.59 Å². The fourth-order valence-electron chi connectivity index (χ4n) is 2.28. The van der Waals surface area contributed by atoms with Gasteiger partial charge in [-0.05, 0) is 55.0 Å². The third-order valence-corrected chi connectivity index (χ3v) is 3.89. The summed E-state index contributed by atoms with van der Waals surface area (Å²) in [5.74, 6) is -0.519. The molecule has 2 amide bonds. The molecule has 0 heterocycles. The molecule has 6 nitrogen and oxygen atoms in total. The van der Waals surface area contributed by atoms with Crippen molar-refractivity contribution in [2.24, 2.45) is 0 Å². The Labute approximate surface area is 152 Å². The maximum absolute atomic E-state index is 12.3. The lowest BCUT2D eigenvalue weighted by Crippen LogP contribution is -2.43. The Balaban J connectivity index is 1.91. The normalized spacial score (nSPS) is 10.9. The molecule has 0 aliphatic carbocycles. The first-order valence-corrected chi connectivity index (χ1v) is 8.16. The minimum atomic E-state index is -0.263. The van der Waals surface area contributed by atoms with Crippen LogP contribution in [0.3, 0.4) is 0 Å². The lowest BCUT2D eigenvalue weighted by molar-refractivity contribution is 0.0907. The molecule has 0 aromatic heterocycles. The van der Waals surface area contributed by atoms with Gasteiger partial charge in [0, 0.05) is 23.7 Å². The largest absolute Gasteiger partial charge is 0.350 e. The van der Waals surface area contributed by atoms with Crippen molar-refractivity contribution in [1.29, 1.82) is 10.5 Å². The summed E-state index contributed by atoms with van der Waals surface area (Å²) >= 11 is 0. The smallest absolute Gasteiger partial charge is 0.251 e. The third kappa shape index (κ3) is 4.93. The van der Waals surface area contributed by atoms with E-state index in [1.807, 2.05) is 19.1 Å². The molecule has 6 heteroatoms. The van der Waals surface area contributed by atoms with Crippen LogP contribution in [-0.4, -0.2) is 24.4 Å². The molecule has 2 rings (SSSR count). The van der Waals surface area contributed by atoms with E-state index in [0.717, 1.165) is 0 Å². The first-order valence-electron chi connectivity index (χ1n) is 8.16. The maximum Gasteiger partial charge on any atom is 0.251 e. The van der Waals surface area contributed by atoms with E-state index >= 15 is 0 Å². The van der Waals surface area contributed by atoms with Crippen LogP contribution < -0.4 is 10.6 Å². The third-order valence-electron chi connectivity index (χ3n) is 3.89. The van der Waals surface area contributed by atoms with Crippen molar-refractivity contribution in [2.75, 3.05) is 6.54 Å². The molecule has 0 aliphatic rings. The summed E-state index contributed by atoms with van der Waals surface area (Å²) in [6.45, 7) is 2.20. The molecule has 2 aromatic carbocycles. The minimum Gasteiger partial charge on any atom is -0.350 e. The summed E-state index contributed by atoms with van der Waals surface area (Å²) < 4.78 is 0. The Morgan fingerprint density at radius 1 is 0.885 bits per heavy atom. The lowest BCUT2D eigenvalue weighted by atomic mass is 10.1. The summed E-state index contributed by atoms with van der Waals surface area (Å²) in [6, 6.07) is 16.5. The quantitative estimate of drug-likeness (QED) is 0.837. The number of benzene rings is 2. The van der Waals surface area contributed by atoms with E-state index in [1.165, 1.54) is 0 Å². The van der Waals surface area contributed by atoms with E-state index in [9.17, 15) is 9.59 Å². The molecular formula is C20H18N4O2. The second-order valence-electron chi connectivity index (χ2n) is 5.67. The Hall–Kier alpha value is -3.64. The van der Waals surface area contributed by atoms with Crippen LogP contribution in [0.1, 0.15) is 45.2 Å². The van der Waals surface area contributed by atoms with E-state index in [4.69, 9.17) is 10.5 Å². The Kier molecular flexibility index (Phi) is 6.47. The van der Waals surface area contributed by atoms with Crippen molar-refractivity contribution >= 4 is 11.8 Å². The molecule has 0 bridgehead atoms. The molecule has 2 aromatic rings. The van der Waals surface area contributed by atoms with E-state index < -0.39 is 0 Å². The van der Waals surface area contributed by atoms with Crippen molar-refractivity contribution in [3.05, 3.63) is 70.8 Å². The van der Waals surface area contributed by atoms with Gasteiger partial charge in [-0.25, -0.2) is 0 Å². The molecule has 130 valence electrons. The van der Waals surface area contributed by atoms with Crippen molar-refractivity contribution in [3.8, 4) is 12.1 Å². The van der Waals surface area contributed by atoms with Gasteiger partial charge in [-0.15, -0.1) is 0 Å². The van der Waals surface area contributed by atoms with E-state index in [2.05, 4.69) is 10.6 Å².